The zero-order valence-corrected chi connectivity index (χ0v) is 13.4. The summed E-state index contributed by atoms with van der Waals surface area (Å²) < 4.78 is 2.98. The number of benzene rings is 1. The van der Waals surface area contributed by atoms with Gasteiger partial charge < -0.3 is 0 Å². The lowest BCUT2D eigenvalue weighted by atomic mass is 10.2. The number of aromatic nitrogens is 5. The standard InChI is InChI=1S/C13H11BrN6S/c1-8-6-11(17-16-8)12-18-19-13(21)20(12)15-7-9-2-4-10(14)5-3-9/h2-7H,1H3,(H,16,17)(H,19,21). The molecule has 1 aromatic carbocycles. The van der Waals surface area contributed by atoms with E-state index in [0.717, 1.165) is 15.7 Å². The van der Waals surface area contributed by atoms with Crippen LogP contribution in [0.5, 0.6) is 0 Å². The number of aromatic amines is 2. The van der Waals surface area contributed by atoms with Gasteiger partial charge in [0.15, 0.2) is 0 Å². The molecule has 3 aromatic rings. The first kappa shape index (κ1) is 13.9. The van der Waals surface area contributed by atoms with Gasteiger partial charge in [0.2, 0.25) is 10.6 Å². The summed E-state index contributed by atoms with van der Waals surface area (Å²) in [6.07, 6.45) is 1.72. The van der Waals surface area contributed by atoms with Crippen LogP contribution in [0.25, 0.3) is 11.5 Å². The average molecular weight is 363 g/mol. The number of nitrogens with one attached hydrogen (secondary N) is 2. The summed E-state index contributed by atoms with van der Waals surface area (Å²) in [7, 11) is 0. The number of aryl methyl sites for hydroxylation is 1. The minimum atomic E-state index is 0.416. The van der Waals surface area contributed by atoms with Crippen LogP contribution in [-0.4, -0.2) is 31.3 Å². The molecule has 0 aliphatic heterocycles. The third kappa shape index (κ3) is 3.01. The van der Waals surface area contributed by atoms with Crippen LogP contribution in [0.4, 0.5) is 0 Å². The molecule has 0 radical (unpaired) electrons. The van der Waals surface area contributed by atoms with Crippen molar-refractivity contribution < 1.29 is 0 Å². The van der Waals surface area contributed by atoms with Crippen LogP contribution in [-0.2, 0) is 0 Å². The zero-order chi connectivity index (χ0) is 14.8. The van der Waals surface area contributed by atoms with Crippen LogP contribution in [0.3, 0.4) is 0 Å². The lowest BCUT2D eigenvalue weighted by Crippen LogP contribution is -1.95. The quantitative estimate of drug-likeness (QED) is 0.554. The van der Waals surface area contributed by atoms with Gasteiger partial charge in [-0.15, -0.1) is 0 Å². The van der Waals surface area contributed by atoms with Gasteiger partial charge in [0.05, 0.1) is 6.21 Å². The van der Waals surface area contributed by atoms with Gasteiger partial charge in [0.1, 0.15) is 5.69 Å². The van der Waals surface area contributed by atoms with Crippen molar-refractivity contribution in [2.45, 2.75) is 6.92 Å². The van der Waals surface area contributed by atoms with E-state index in [4.69, 9.17) is 12.2 Å². The monoisotopic (exact) mass is 362 g/mol. The van der Waals surface area contributed by atoms with Crippen molar-refractivity contribution in [1.29, 1.82) is 0 Å². The number of hydrogen-bond acceptors (Lipinski definition) is 4. The highest BCUT2D eigenvalue weighted by Gasteiger charge is 2.10. The molecule has 0 aliphatic carbocycles. The molecule has 6 nitrogen and oxygen atoms in total. The summed E-state index contributed by atoms with van der Waals surface area (Å²) in [5, 5.41) is 18.3. The van der Waals surface area contributed by atoms with E-state index in [2.05, 4.69) is 41.4 Å². The van der Waals surface area contributed by atoms with Crippen molar-refractivity contribution in [3.63, 3.8) is 0 Å². The van der Waals surface area contributed by atoms with E-state index in [-0.39, 0.29) is 0 Å². The van der Waals surface area contributed by atoms with E-state index in [0.29, 0.717) is 16.3 Å². The Morgan fingerprint density at radius 1 is 1.24 bits per heavy atom. The van der Waals surface area contributed by atoms with Crippen molar-refractivity contribution >= 4 is 34.4 Å². The van der Waals surface area contributed by atoms with Crippen molar-refractivity contribution in [2.75, 3.05) is 0 Å². The van der Waals surface area contributed by atoms with Crippen molar-refractivity contribution in [2.24, 2.45) is 5.10 Å². The SMILES string of the molecule is Cc1cc(-c2n[nH]c(=S)n2N=Cc2ccc(Br)cc2)n[nH]1. The topological polar surface area (TPSA) is 74.7 Å². The molecule has 2 aromatic heterocycles. The van der Waals surface area contributed by atoms with Gasteiger partial charge in [0, 0.05) is 10.2 Å². The van der Waals surface area contributed by atoms with E-state index in [1.54, 1.807) is 10.9 Å². The molecule has 3 rings (SSSR count). The van der Waals surface area contributed by atoms with Crippen LogP contribution in [0.1, 0.15) is 11.3 Å². The Morgan fingerprint density at radius 2 is 2.00 bits per heavy atom. The number of hydrogen-bond donors (Lipinski definition) is 2. The maximum Gasteiger partial charge on any atom is 0.216 e. The van der Waals surface area contributed by atoms with E-state index in [1.165, 1.54) is 0 Å². The number of H-pyrrole nitrogens is 2. The number of rotatable bonds is 3. The largest absolute Gasteiger partial charge is 0.282 e. The highest BCUT2D eigenvalue weighted by Crippen LogP contribution is 2.15. The predicted molar refractivity (Wildman–Crippen MR) is 86.9 cm³/mol. The summed E-state index contributed by atoms with van der Waals surface area (Å²) in [6.45, 7) is 1.92. The molecule has 21 heavy (non-hydrogen) atoms. The minimum absolute atomic E-state index is 0.416. The Labute approximate surface area is 134 Å². The molecule has 2 heterocycles. The Kier molecular flexibility index (Phi) is 3.80. The summed E-state index contributed by atoms with van der Waals surface area (Å²) in [5.41, 5.74) is 2.60. The van der Waals surface area contributed by atoms with Crippen LogP contribution in [0.2, 0.25) is 0 Å². The summed E-state index contributed by atoms with van der Waals surface area (Å²) in [4.78, 5) is 0. The predicted octanol–water partition coefficient (Wildman–Crippen LogP) is 3.28. The van der Waals surface area contributed by atoms with Crippen molar-refractivity contribution in [3.8, 4) is 11.5 Å². The summed E-state index contributed by atoms with van der Waals surface area (Å²) in [5.74, 6) is 0.567. The molecule has 106 valence electrons. The Hall–Kier alpha value is -2.06. The minimum Gasteiger partial charge on any atom is -0.282 e. The van der Waals surface area contributed by atoms with Crippen LogP contribution in [0.15, 0.2) is 39.9 Å². The zero-order valence-electron chi connectivity index (χ0n) is 11.0. The smallest absolute Gasteiger partial charge is 0.216 e. The average Bonchev–Trinajstić information content (AvgIpc) is 3.05. The second-order valence-electron chi connectivity index (χ2n) is 4.40. The molecule has 0 atom stereocenters. The molecule has 2 N–H and O–H groups in total. The first-order chi connectivity index (χ1) is 10.1. The number of nitrogens with zero attached hydrogens (tertiary/aromatic N) is 4. The van der Waals surface area contributed by atoms with Gasteiger partial charge in [-0.2, -0.15) is 20.0 Å². The Balaban J connectivity index is 1.97. The lowest BCUT2D eigenvalue weighted by Gasteiger charge is -1.97. The molecule has 0 unspecified atom stereocenters. The first-order valence-corrected chi connectivity index (χ1v) is 7.33. The maximum absolute atomic E-state index is 5.20. The molecular weight excluding hydrogens is 352 g/mol. The van der Waals surface area contributed by atoms with Crippen LogP contribution < -0.4 is 0 Å². The second-order valence-corrected chi connectivity index (χ2v) is 5.70. The highest BCUT2D eigenvalue weighted by atomic mass is 79.9. The van der Waals surface area contributed by atoms with Gasteiger partial charge in [-0.05, 0) is 42.9 Å². The summed E-state index contributed by atoms with van der Waals surface area (Å²) >= 11 is 8.60. The molecule has 0 saturated heterocycles. The van der Waals surface area contributed by atoms with Gasteiger partial charge >= 0.3 is 0 Å². The summed E-state index contributed by atoms with van der Waals surface area (Å²) in [6, 6.07) is 9.70. The lowest BCUT2D eigenvalue weighted by molar-refractivity contribution is 0.865. The molecule has 8 heteroatoms. The van der Waals surface area contributed by atoms with Gasteiger partial charge in [0.25, 0.3) is 0 Å². The fourth-order valence-corrected chi connectivity index (χ4v) is 2.21. The second kappa shape index (κ2) is 5.74. The molecular formula is C13H11BrN6S. The van der Waals surface area contributed by atoms with Crippen molar-refractivity contribution in [3.05, 3.63) is 50.8 Å². The van der Waals surface area contributed by atoms with E-state index in [9.17, 15) is 0 Å². The Bertz CT molecular complexity index is 842. The molecule has 0 fully saturated rings. The number of halogens is 1. The van der Waals surface area contributed by atoms with Gasteiger partial charge in [-0.3, -0.25) is 5.10 Å². The molecule has 0 saturated carbocycles. The van der Waals surface area contributed by atoms with E-state index < -0.39 is 0 Å². The highest BCUT2D eigenvalue weighted by molar-refractivity contribution is 9.10. The Morgan fingerprint density at radius 3 is 2.67 bits per heavy atom. The van der Waals surface area contributed by atoms with Crippen LogP contribution >= 0.6 is 28.1 Å². The third-order valence-corrected chi connectivity index (χ3v) is 3.57. The molecule has 0 bridgehead atoms. The normalized spacial score (nSPS) is 11.3. The van der Waals surface area contributed by atoms with Gasteiger partial charge in [-0.25, -0.2) is 5.10 Å². The molecule has 0 amide bonds. The van der Waals surface area contributed by atoms with Crippen LogP contribution in [0, 0.1) is 11.7 Å². The third-order valence-electron chi connectivity index (χ3n) is 2.78. The first-order valence-electron chi connectivity index (χ1n) is 6.13. The fraction of sp³-hybridized carbons (Fsp3) is 0.0769. The molecule has 0 spiro atoms. The maximum atomic E-state index is 5.20. The van der Waals surface area contributed by atoms with Gasteiger partial charge in [-0.1, -0.05) is 28.1 Å². The molecule has 0 aliphatic rings. The fourth-order valence-electron chi connectivity index (χ4n) is 1.77. The van der Waals surface area contributed by atoms with E-state index in [1.807, 2.05) is 37.3 Å². The van der Waals surface area contributed by atoms with Crippen molar-refractivity contribution in [1.82, 2.24) is 25.1 Å². The van der Waals surface area contributed by atoms with E-state index >= 15 is 0 Å².